The van der Waals surface area contributed by atoms with E-state index in [2.05, 4.69) is 15.0 Å². The molecule has 0 amide bonds. The Labute approximate surface area is 225 Å². The highest BCUT2D eigenvalue weighted by Gasteiger charge is 2.30. The number of carbonyl (C=O) groups excluding carboxylic acids is 3. The van der Waals surface area contributed by atoms with Crippen molar-refractivity contribution in [1.29, 1.82) is 0 Å². The van der Waals surface area contributed by atoms with Crippen molar-refractivity contribution in [2.75, 3.05) is 0 Å². The van der Waals surface area contributed by atoms with Gasteiger partial charge in [-0.05, 0) is 63.2 Å². The topological polar surface area (TPSA) is 154 Å². The van der Waals surface area contributed by atoms with E-state index < -0.39 is 17.1 Å². The summed E-state index contributed by atoms with van der Waals surface area (Å²) in [7, 11) is 0. The first kappa shape index (κ1) is 28.6. The number of aliphatic imine (C=N–C) groups is 3. The monoisotopic (exact) mass is 540 g/mol. The van der Waals surface area contributed by atoms with E-state index in [1.54, 1.807) is 18.2 Å². The Morgan fingerprint density at radius 1 is 0.564 bits per heavy atom. The van der Waals surface area contributed by atoms with Gasteiger partial charge in [-0.25, -0.2) is 57.4 Å². The molecular weight excluding hydrogens is 504 g/mol. The predicted octanol–water partition coefficient (Wildman–Crippen LogP) is 1.86. The van der Waals surface area contributed by atoms with Crippen LogP contribution in [0, 0.1) is 17.8 Å². The molecule has 4 rings (SSSR count). The first-order chi connectivity index (χ1) is 18.9. The highest BCUT2D eigenvalue weighted by atomic mass is 16.2. The quantitative estimate of drug-likeness (QED) is 0.344. The zero-order valence-electron chi connectivity index (χ0n) is 22.2. The molecule has 12 nitrogen and oxygen atoms in total. The number of isocyanates is 3. The Morgan fingerprint density at radius 3 is 1.51 bits per heavy atom. The third kappa shape index (κ3) is 6.95. The molecule has 0 N–H and O–H groups in total. The number of hydrogen-bond donors (Lipinski definition) is 0. The molecule has 0 aromatic carbocycles. The fourth-order valence-electron chi connectivity index (χ4n) is 6.78. The van der Waals surface area contributed by atoms with Crippen LogP contribution in [0.15, 0.2) is 29.4 Å². The lowest BCUT2D eigenvalue weighted by atomic mass is 9.85. The maximum absolute atomic E-state index is 13.7. The summed E-state index contributed by atoms with van der Waals surface area (Å²) in [5.41, 5.74) is -1.96. The second kappa shape index (κ2) is 13.6. The van der Waals surface area contributed by atoms with E-state index in [-0.39, 0.29) is 55.5 Å². The molecule has 3 fully saturated rings. The standard InChI is InChI=1S/C27H36N6O6/c34-16-28-22-8-3-5-19(11-22)13-31-25(37)32(14-20-6-4-9-23(12-20)29-17-35)27(39)33(26(31)38)15-21-7-1-2-10-24(21)30-18-36/h19-24H,1-15H2. The van der Waals surface area contributed by atoms with Crippen LogP contribution in [0.2, 0.25) is 0 Å². The van der Waals surface area contributed by atoms with Crippen LogP contribution in [-0.2, 0) is 34.0 Å². The van der Waals surface area contributed by atoms with Crippen molar-refractivity contribution in [3.8, 4) is 0 Å². The highest BCUT2D eigenvalue weighted by Crippen LogP contribution is 2.29. The average Bonchev–Trinajstić information content (AvgIpc) is 2.93. The van der Waals surface area contributed by atoms with Gasteiger partial charge in [0.1, 0.15) is 0 Å². The molecule has 0 radical (unpaired) electrons. The molecule has 1 heterocycles. The highest BCUT2D eigenvalue weighted by molar-refractivity contribution is 5.34. The Kier molecular flexibility index (Phi) is 9.93. The summed E-state index contributed by atoms with van der Waals surface area (Å²) in [4.78, 5) is 85.3. The van der Waals surface area contributed by atoms with Crippen molar-refractivity contribution in [2.24, 2.45) is 32.7 Å². The van der Waals surface area contributed by atoms with Gasteiger partial charge in [-0.3, -0.25) is 0 Å². The third-order valence-electron chi connectivity index (χ3n) is 8.75. The van der Waals surface area contributed by atoms with E-state index in [0.29, 0.717) is 25.7 Å². The van der Waals surface area contributed by atoms with Crippen LogP contribution in [0.3, 0.4) is 0 Å². The van der Waals surface area contributed by atoms with Gasteiger partial charge >= 0.3 is 17.1 Å². The molecule has 12 heteroatoms. The Bertz CT molecular complexity index is 1270. The van der Waals surface area contributed by atoms with E-state index in [1.807, 2.05) is 0 Å². The van der Waals surface area contributed by atoms with E-state index in [9.17, 15) is 28.8 Å². The summed E-state index contributed by atoms with van der Waals surface area (Å²) in [5, 5.41) is 0. The van der Waals surface area contributed by atoms with Crippen LogP contribution >= 0.6 is 0 Å². The molecule has 3 saturated carbocycles. The zero-order valence-corrected chi connectivity index (χ0v) is 22.2. The van der Waals surface area contributed by atoms with Crippen LogP contribution in [0.4, 0.5) is 0 Å². The number of nitrogens with zero attached hydrogens (tertiary/aromatic N) is 6. The molecule has 3 aliphatic carbocycles. The van der Waals surface area contributed by atoms with Gasteiger partial charge in [-0.2, -0.15) is 0 Å². The van der Waals surface area contributed by atoms with Crippen LogP contribution < -0.4 is 17.1 Å². The maximum atomic E-state index is 13.7. The Morgan fingerprint density at radius 2 is 1.03 bits per heavy atom. The van der Waals surface area contributed by atoms with Crippen molar-refractivity contribution in [3.05, 3.63) is 31.5 Å². The molecule has 6 unspecified atom stereocenters. The summed E-state index contributed by atoms with van der Waals surface area (Å²) in [6.07, 6.45) is 13.9. The zero-order chi connectivity index (χ0) is 27.8. The van der Waals surface area contributed by atoms with Gasteiger partial charge in [0.2, 0.25) is 18.2 Å². The summed E-state index contributed by atoms with van der Waals surface area (Å²) in [6, 6.07) is -0.698. The SMILES string of the molecule is O=C=NC1CCCC(Cn2c(=O)n(CC3CCCC(N=C=O)C3)c(=O)n(CC3CCCCC3N=C=O)c2=O)C1. The lowest BCUT2D eigenvalue weighted by Gasteiger charge is -2.30. The van der Waals surface area contributed by atoms with E-state index >= 15 is 0 Å². The summed E-state index contributed by atoms with van der Waals surface area (Å²) in [6.45, 7) is 0.331. The van der Waals surface area contributed by atoms with Crippen LogP contribution in [-0.4, -0.2) is 50.1 Å². The van der Waals surface area contributed by atoms with Crippen LogP contribution in [0.1, 0.15) is 77.0 Å². The Balaban J connectivity index is 1.71. The minimum atomic E-state index is -0.659. The third-order valence-corrected chi connectivity index (χ3v) is 8.75. The fourth-order valence-corrected chi connectivity index (χ4v) is 6.78. The minimum Gasteiger partial charge on any atom is -0.247 e. The van der Waals surface area contributed by atoms with Crippen molar-refractivity contribution in [3.63, 3.8) is 0 Å². The fraction of sp³-hybridized carbons (Fsp3) is 0.778. The van der Waals surface area contributed by atoms with Crippen molar-refractivity contribution in [1.82, 2.24) is 13.7 Å². The average molecular weight is 541 g/mol. The van der Waals surface area contributed by atoms with Gasteiger partial charge in [0.05, 0.1) is 18.1 Å². The van der Waals surface area contributed by atoms with E-state index in [0.717, 1.165) is 65.1 Å². The second-order valence-corrected chi connectivity index (χ2v) is 11.3. The van der Waals surface area contributed by atoms with Gasteiger partial charge in [-0.15, -0.1) is 0 Å². The summed E-state index contributed by atoms with van der Waals surface area (Å²) in [5.74, 6) is -0.283. The molecule has 3 aliphatic rings. The lowest BCUT2D eigenvalue weighted by Crippen LogP contribution is -2.56. The smallest absolute Gasteiger partial charge is 0.247 e. The van der Waals surface area contributed by atoms with Crippen molar-refractivity contribution < 1.29 is 14.4 Å². The minimum absolute atomic E-state index is 0.0475. The number of rotatable bonds is 9. The molecule has 0 saturated heterocycles. The largest absolute Gasteiger partial charge is 0.336 e. The van der Waals surface area contributed by atoms with Gasteiger partial charge in [0, 0.05) is 25.6 Å². The summed E-state index contributed by atoms with van der Waals surface area (Å²) >= 11 is 0. The van der Waals surface area contributed by atoms with Crippen LogP contribution in [0.25, 0.3) is 0 Å². The molecular formula is C27H36N6O6. The summed E-state index contributed by atoms with van der Waals surface area (Å²) < 4.78 is 3.45. The second-order valence-electron chi connectivity index (χ2n) is 11.3. The van der Waals surface area contributed by atoms with Gasteiger partial charge in [0.25, 0.3) is 0 Å². The van der Waals surface area contributed by atoms with Gasteiger partial charge in [-0.1, -0.05) is 25.7 Å². The first-order valence-corrected chi connectivity index (χ1v) is 14.1. The molecule has 1 aromatic rings. The molecule has 0 bridgehead atoms. The van der Waals surface area contributed by atoms with E-state index in [1.165, 1.54) is 0 Å². The molecule has 0 spiro atoms. The van der Waals surface area contributed by atoms with Crippen LogP contribution in [0.5, 0.6) is 0 Å². The Hall–Kier alpha value is -3.45. The lowest BCUT2D eigenvalue weighted by molar-refractivity contribution is 0.238. The van der Waals surface area contributed by atoms with Crippen molar-refractivity contribution >= 4 is 18.2 Å². The van der Waals surface area contributed by atoms with E-state index in [4.69, 9.17) is 0 Å². The molecule has 1 aromatic heterocycles. The molecule has 39 heavy (non-hydrogen) atoms. The van der Waals surface area contributed by atoms with Gasteiger partial charge < -0.3 is 0 Å². The number of aromatic nitrogens is 3. The maximum Gasteiger partial charge on any atom is 0.336 e. The predicted molar refractivity (Wildman–Crippen MR) is 141 cm³/mol. The van der Waals surface area contributed by atoms with Gasteiger partial charge in [0.15, 0.2) is 0 Å². The van der Waals surface area contributed by atoms with Crippen molar-refractivity contribution in [2.45, 2.75) is 115 Å². The molecule has 210 valence electrons. The number of hydrogen-bond acceptors (Lipinski definition) is 9. The molecule has 6 atom stereocenters. The first-order valence-electron chi connectivity index (χ1n) is 14.1. The molecule has 0 aliphatic heterocycles. The normalized spacial score (nSPS) is 28.9.